The number of alkyl halides is 6. The molecule has 0 nitrogen and oxygen atoms in total. The lowest BCUT2D eigenvalue weighted by Crippen LogP contribution is -2.36. The van der Waals surface area contributed by atoms with Crippen molar-refractivity contribution in [1.29, 1.82) is 0 Å². The van der Waals surface area contributed by atoms with Crippen molar-refractivity contribution in [3.63, 3.8) is 0 Å². The molecule has 0 aromatic heterocycles. The first-order chi connectivity index (χ1) is 5.54. The van der Waals surface area contributed by atoms with Gasteiger partial charge in [-0.3, -0.25) is 0 Å². The molecule has 12 heavy (non-hydrogen) atoms. The molecule has 0 saturated heterocycles. The van der Waals surface area contributed by atoms with Crippen LogP contribution in [0.5, 0.6) is 0 Å². The summed E-state index contributed by atoms with van der Waals surface area (Å²) in [6.07, 6.45) is -11.4. The van der Waals surface area contributed by atoms with Crippen LogP contribution in [0.15, 0.2) is 0 Å². The molecule has 0 N–H and O–H groups in total. The predicted octanol–water partition coefficient (Wildman–Crippen LogP) is 2.28. The van der Waals surface area contributed by atoms with E-state index in [-0.39, 0.29) is 0 Å². The van der Waals surface area contributed by atoms with Gasteiger partial charge < -0.3 is 0 Å². The summed E-state index contributed by atoms with van der Waals surface area (Å²) in [5, 5.41) is 0. The van der Waals surface area contributed by atoms with Crippen molar-refractivity contribution in [3.8, 4) is 0 Å². The molecule has 0 heterocycles. The molecular weight excluding hydrogens is 186 g/mol. The molecule has 0 rings (SSSR count). The molecule has 6 heteroatoms. The zero-order valence-corrected chi connectivity index (χ0v) is 5.99. The van der Waals surface area contributed by atoms with E-state index in [1.165, 1.54) is 0 Å². The van der Waals surface area contributed by atoms with Gasteiger partial charge in [0.1, 0.15) is 13.3 Å². The van der Waals surface area contributed by atoms with Crippen LogP contribution in [0, 0.1) is 0 Å². The Morgan fingerprint density at radius 1 is 0.667 bits per heavy atom. The van der Waals surface area contributed by atoms with Crippen molar-refractivity contribution < 1.29 is 26.3 Å². The highest BCUT2D eigenvalue weighted by molar-refractivity contribution is 4.81. The van der Waals surface area contributed by atoms with Crippen LogP contribution in [0.2, 0.25) is 0 Å². The third-order valence-corrected chi connectivity index (χ3v) is 1.29. The van der Waals surface area contributed by atoms with E-state index >= 15 is 0 Å². The Bertz CT molecular complexity index is 105. The van der Waals surface area contributed by atoms with Crippen molar-refractivity contribution >= 4 is 0 Å². The predicted molar refractivity (Wildman–Crippen MR) is 31.5 cm³/mol. The number of hydrogen-bond donors (Lipinski definition) is 0. The van der Waals surface area contributed by atoms with Crippen LogP contribution in [0.4, 0.5) is 26.3 Å². The van der Waals surface area contributed by atoms with Gasteiger partial charge in [0, 0.05) is 0 Å². The van der Waals surface area contributed by atoms with Gasteiger partial charge in [-0.15, -0.1) is 0 Å². The van der Waals surface area contributed by atoms with Gasteiger partial charge in [0.05, 0.1) is 0 Å². The topological polar surface area (TPSA) is 0 Å². The molecule has 0 aliphatic heterocycles. The molecule has 4 atom stereocenters. The Labute approximate surface area is 65.6 Å². The van der Waals surface area contributed by atoms with Crippen LogP contribution in [0.3, 0.4) is 0 Å². The second-order valence-electron chi connectivity index (χ2n) is 2.23. The maximum atomic E-state index is 12.2. The normalized spacial score (nSPS) is 21.5. The highest BCUT2D eigenvalue weighted by atomic mass is 19.2. The van der Waals surface area contributed by atoms with E-state index < -0.39 is 38.0 Å². The second-order valence-corrected chi connectivity index (χ2v) is 2.23. The number of halogens is 6. The van der Waals surface area contributed by atoms with Crippen LogP contribution in [-0.4, -0.2) is 38.0 Å². The molecule has 0 fully saturated rings. The van der Waals surface area contributed by atoms with Gasteiger partial charge in [0.25, 0.3) is 0 Å². The average molecular weight is 194 g/mol. The third-order valence-electron chi connectivity index (χ3n) is 1.29. The molecule has 0 aliphatic rings. The van der Waals surface area contributed by atoms with Gasteiger partial charge in [-0.25, -0.2) is 26.3 Å². The van der Waals surface area contributed by atoms with Crippen molar-refractivity contribution in [2.45, 2.75) is 24.7 Å². The monoisotopic (exact) mass is 194 g/mol. The molecular formula is C6H8F6. The van der Waals surface area contributed by atoms with E-state index in [4.69, 9.17) is 0 Å². The Morgan fingerprint density at radius 3 is 1.08 bits per heavy atom. The first-order valence-corrected chi connectivity index (χ1v) is 3.22. The van der Waals surface area contributed by atoms with Crippen molar-refractivity contribution in [1.82, 2.24) is 0 Å². The van der Waals surface area contributed by atoms with Gasteiger partial charge in [-0.2, -0.15) is 0 Å². The summed E-state index contributed by atoms with van der Waals surface area (Å²) in [5.74, 6) is 0. The molecule has 74 valence electrons. The van der Waals surface area contributed by atoms with E-state index in [2.05, 4.69) is 0 Å². The van der Waals surface area contributed by atoms with Crippen LogP contribution in [-0.2, 0) is 0 Å². The van der Waals surface area contributed by atoms with Gasteiger partial charge in [-0.1, -0.05) is 0 Å². The van der Waals surface area contributed by atoms with Crippen LogP contribution >= 0.6 is 0 Å². The smallest absolute Gasteiger partial charge is 0.168 e. The lowest BCUT2D eigenvalue weighted by molar-refractivity contribution is 0.0168. The third kappa shape index (κ3) is 2.91. The molecule has 0 radical (unpaired) electrons. The van der Waals surface area contributed by atoms with Gasteiger partial charge in [0.2, 0.25) is 0 Å². The summed E-state index contributed by atoms with van der Waals surface area (Å²) in [6.45, 7) is -3.50. The fraction of sp³-hybridized carbons (Fsp3) is 1.00. The second kappa shape index (κ2) is 5.27. The van der Waals surface area contributed by atoms with Crippen LogP contribution in [0.1, 0.15) is 0 Å². The highest BCUT2D eigenvalue weighted by Crippen LogP contribution is 2.18. The van der Waals surface area contributed by atoms with Crippen LogP contribution < -0.4 is 0 Å². The van der Waals surface area contributed by atoms with Crippen molar-refractivity contribution in [2.75, 3.05) is 13.3 Å². The average Bonchev–Trinajstić information content (AvgIpc) is 2.12. The van der Waals surface area contributed by atoms with E-state index in [0.717, 1.165) is 0 Å². The maximum absolute atomic E-state index is 12.2. The minimum absolute atomic E-state index is 1.75. The molecule has 0 aromatic rings. The summed E-state index contributed by atoms with van der Waals surface area (Å²) in [4.78, 5) is 0. The molecule has 0 bridgehead atoms. The minimum Gasteiger partial charge on any atom is -0.248 e. The molecule has 0 aromatic carbocycles. The summed E-state index contributed by atoms with van der Waals surface area (Å²) in [5.41, 5.74) is 0. The van der Waals surface area contributed by atoms with Gasteiger partial charge in [0.15, 0.2) is 24.7 Å². The van der Waals surface area contributed by atoms with E-state index in [1.54, 1.807) is 0 Å². The summed E-state index contributed by atoms with van der Waals surface area (Å²) in [7, 11) is 0. The Balaban J connectivity index is 3.99. The van der Waals surface area contributed by atoms with E-state index in [0.29, 0.717) is 0 Å². The molecule has 0 saturated carbocycles. The number of hydrogen-bond acceptors (Lipinski definition) is 0. The quantitative estimate of drug-likeness (QED) is 0.589. The highest BCUT2D eigenvalue weighted by Gasteiger charge is 2.35. The van der Waals surface area contributed by atoms with Gasteiger partial charge in [-0.05, 0) is 0 Å². The first kappa shape index (κ1) is 11.6. The summed E-state index contributed by atoms with van der Waals surface area (Å²) in [6, 6.07) is 0. The summed E-state index contributed by atoms with van der Waals surface area (Å²) < 4.78 is 71.2. The molecule has 4 unspecified atom stereocenters. The largest absolute Gasteiger partial charge is 0.248 e. The standard InChI is InChI=1S/C6H8F6/c7-1-3(9)5(11)6(12)4(10)2-8/h3-6H,1-2H2. The van der Waals surface area contributed by atoms with Gasteiger partial charge >= 0.3 is 0 Å². The zero-order chi connectivity index (χ0) is 9.72. The SMILES string of the molecule is FCC(F)C(F)C(F)C(F)CF. The lowest BCUT2D eigenvalue weighted by Gasteiger charge is -2.16. The Hall–Kier alpha value is -0.420. The lowest BCUT2D eigenvalue weighted by atomic mass is 10.1. The zero-order valence-electron chi connectivity index (χ0n) is 5.99. The Morgan fingerprint density at radius 2 is 0.917 bits per heavy atom. The number of rotatable bonds is 5. The summed E-state index contributed by atoms with van der Waals surface area (Å²) >= 11 is 0. The van der Waals surface area contributed by atoms with Crippen molar-refractivity contribution in [2.24, 2.45) is 0 Å². The van der Waals surface area contributed by atoms with Crippen LogP contribution in [0.25, 0.3) is 0 Å². The van der Waals surface area contributed by atoms with E-state index in [9.17, 15) is 26.3 Å². The maximum Gasteiger partial charge on any atom is 0.168 e. The molecule has 0 spiro atoms. The first-order valence-electron chi connectivity index (χ1n) is 3.22. The Kier molecular flexibility index (Phi) is 5.08. The fourth-order valence-electron chi connectivity index (χ4n) is 0.569. The molecule has 0 aliphatic carbocycles. The van der Waals surface area contributed by atoms with E-state index in [1.807, 2.05) is 0 Å². The van der Waals surface area contributed by atoms with Crippen molar-refractivity contribution in [3.05, 3.63) is 0 Å². The molecule has 0 amide bonds. The fourth-order valence-corrected chi connectivity index (χ4v) is 0.569. The minimum atomic E-state index is -2.94.